The Balaban J connectivity index is 1.45. The minimum atomic E-state index is -0.192. The summed E-state index contributed by atoms with van der Waals surface area (Å²) in [6.07, 6.45) is 9.66. The Bertz CT molecular complexity index is 1080. The summed E-state index contributed by atoms with van der Waals surface area (Å²) in [5, 5.41) is 13.6. The molecule has 0 amide bonds. The largest absolute Gasteiger partial charge is 0.393 e. The van der Waals surface area contributed by atoms with Gasteiger partial charge in [0.2, 0.25) is 0 Å². The predicted octanol–water partition coefficient (Wildman–Crippen LogP) is 3.68. The van der Waals surface area contributed by atoms with E-state index in [1.807, 2.05) is 30.5 Å². The van der Waals surface area contributed by atoms with Gasteiger partial charge in [0.05, 0.1) is 34.6 Å². The van der Waals surface area contributed by atoms with Crippen molar-refractivity contribution in [1.29, 1.82) is 0 Å². The third-order valence-electron chi connectivity index (χ3n) is 6.36. The van der Waals surface area contributed by atoms with Crippen LogP contribution in [0.4, 0.5) is 17.2 Å². The third-order valence-corrected chi connectivity index (χ3v) is 6.36. The number of rotatable bonds is 4. The molecule has 4 heterocycles. The Labute approximate surface area is 175 Å². The van der Waals surface area contributed by atoms with Gasteiger partial charge >= 0.3 is 0 Å². The standard InChI is InChI=1S/C23H27N5O2/c29-17-8-11-28(12-9-17)16-5-6-21(25-14-16)27-20-13-19(15-3-1-2-4-15)26-18-7-10-24-23(30)22(18)20/h5-7,10,13-15,17,29H,1-4,8-9,11-12H2,(H,24,30)(H,25,26,27). The number of hydrogen-bond donors (Lipinski definition) is 3. The quantitative estimate of drug-likeness (QED) is 0.613. The number of H-pyrrole nitrogens is 1. The lowest BCUT2D eigenvalue weighted by Gasteiger charge is -2.31. The van der Waals surface area contributed by atoms with E-state index in [-0.39, 0.29) is 11.7 Å². The Morgan fingerprint density at radius 3 is 2.63 bits per heavy atom. The van der Waals surface area contributed by atoms with Gasteiger partial charge in [0, 0.05) is 30.9 Å². The number of aliphatic hydroxyl groups excluding tert-OH is 1. The second kappa shape index (κ2) is 8.07. The van der Waals surface area contributed by atoms with Crippen LogP contribution < -0.4 is 15.8 Å². The van der Waals surface area contributed by atoms with Crippen LogP contribution in [0, 0.1) is 0 Å². The molecule has 2 fully saturated rings. The van der Waals surface area contributed by atoms with Crippen LogP contribution in [0.1, 0.15) is 50.1 Å². The summed E-state index contributed by atoms with van der Waals surface area (Å²) in [7, 11) is 0. The second-order valence-electron chi connectivity index (χ2n) is 8.39. The van der Waals surface area contributed by atoms with Crippen LogP contribution in [-0.4, -0.2) is 39.3 Å². The Hall–Kier alpha value is -2.93. The van der Waals surface area contributed by atoms with Gasteiger partial charge < -0.3 is 20.3 Å². The lowest BCUT2D eigenvalue weighted by atomic mass is 10.0. The van der Waals surface area contributed by atoms with Crippen molar-refractivity contribution in [2.24, 2.45) is 0 Å². The highest BCUT2D eigenvalue weighted by Gasteiger charge is 2.21. The molecule has 0 bridgehead atoms. The van der Waals surface area contributed by atoms with Crippen LogP contribution in [0.15, 0.2) is 41.5 Å². The smallest absolute Gasteiger partial charge is 0.259 e. The summed E-state index contributed by atoms with van der Waals surface area (Å²) in [6, 6.07) is 7.87. The maximum atomic E-state index is 12.5. The zero-order chi connectivity index (χ0) is 20.5. The molecule has 1 aliphatic heterocycles. The maximum absolute atomic E-state index is 12.5. The van der Waals surface area contributed by atoms with Crippen molar-refractivity contribution in [3.63, 3.8) is 0 Å². The van der Waals surface area contributed by atoms with Crippen molar-refractivity contribution in [3.05, 3.63) is 52.7 Å². The molecular formula is C23H27N5O2. The van der Waals surface area contributed by atoms with Gasteiger partial charge in [-0.25, -0.2) is 4.98 Å². The van der Waals surface area contributed by atoms with Crippen molar-refractivity contribution < 1.29 is 5.11 Å². The van der Waals surface area contributed by atoms with E-state index in [0.29, 0.717) is 22.6 Å². The van der Waals surface area contributed by atoms with E-state index < -0.39 is 0 Å². The van der Waals surface area contributed by atoms with E-state index in [9.17, 15) is 9.90 Å². The molecule has 30 heavy (non-hydrogen) atoms. The van der Waals surface area contributed by atoms with Crippen LogP contribution in [0.25, 0.3) is 10.9 Å². The van der Waals surface area contributed by atoms with Gasteiger partial charge in [-0.1, -0.05) is 12.8 Å². The van der Waals surface area contributed by atoms with Gasteiger partial charge in [0.15, 0.2) is 0 Å². The molecule has 156 valence electrons. The highest BCUT2D eigenvalue weighted by atomic mass is 16.3. The fourth-order valence-corrected chi connectivity index (χ4v) is 4.65. The topological polar surface area (TPSA) is 94.1 Å². The van der Waals surface area contributed by atoms with Crippen LogP contribution in [0.5, 0.6) is 0 Å². The van der Waals surface area contributed by atoms with E-state index in [1.54, 1.807) is 6.20 Å². The number of pyridine rings is 3. The maximum Gasteiger partial charge on any atom is 0.259 e. The second-order valence-corrected chi connectivity index (χ2v) is 8.39. The minimum absolute atomic E-state index is 0.149. The third kappa shape index (κ3) is 3.77. The number of aliphatic hydroxyl groups is 1. The minimum Gasteiger partial charge on any atom is -0.393 e. The summed E-state index contributed by atoms with van der Waals surface area (Å²) in [6.45, 7) is 1.68. The first-order chi connectivity index (χ1) is 14.7. The molecule has 0 atom stereocenters. The normalized spacial score (nSPS) is 18.2. The predicted molar refractivity (Wildman–Crippen MR) is 119 cm³/mol. The van der Waals surface area contributed by atoms with E-state index in [2.05, 4.69) is 20.2 Å². The van der Waals surface area contributed by atoms with Crippen molar-refractivity contribution in [1.82, 2.24) is 15.0 Å². The number of aromatic amines is 1. The molecule has 1 saturated heterocycles. The summed E-state index contributed by atoms with van der Waals surface area (Å²) >= 11 is 0. The van der Waals surface area contributed by atoms with Gasteiger partial charge in [-0.15, -0.1) is 0 Å². The number of nitrogens with one attached hydrogen (secondary N) is 2. The van der Waals surface area contributed by atoms with Crippen LogP contribution in [0.3, 0.4) is 0 Å². The van der Waals surface area contributed by atoms with Crippen molar-refractivity contribution in [2.75, 3.05) is 23.3 Å². The zero-order valence-electron chi connectivity index (χ0n) is 17.0. The summed E-state index contributed by atoms with van der Waals surface area (Å²) in [4.78, 5) is 26.9. The van der Waals surface area contributed by atoms with E-state index in [1.165, 1.54) is 12.8 Å². The molecule has 3 N–H and O–H groups in total. The number of aromatic nitrogens is 3. The molecule has 1 saturated carbocycles. The highest BCUT2D eigenvalue weighted by Crippen LogP contribution is 2.36. The molecule has 0 radical (unpaired) electrons. The molecular weight excluding hydrogens is 378 g/mol. The Morgan fingerprint density at radius 2 is 1.90 bits per heavy atom. The SMILES string of the molecule is O=c1[nH]ccc2nc(C3CCCC3)cc(Nc3ccc(N4CCC(O)CC4)cn3)c12. The first kappa shape index (κ1) is 19.1. The average Bonchev–Trinajstić information content (AvgIpc) is 3.30. The Morgan fingerprint density at radius 1 is 1.10 bits per heavy atom. The summed E-state index contributed by atoms with van der Waals surface area (Å²) in [5.74, 6) is 1.16. The van der Waals surface area contributed by atoms with Crippen LogP contribution >= 0.6 is 0 Å². The zero-order valence-corrected chi connectivity index (χ0v) is 17.0. The molecule has 7 nitrogen and oxygen atoms in total. The van der Waals surface area contributed by atoms with E-state index in [0.717, 1.165) is 55.8 Å². The number of hydrogen-bond acceptors (Lipinski definition) is 6. The molecule has 1 aliphatic carbocycles. The summed E-state index contributed by atoms with van der Waals surface area (Å²) in [5.41, 5.74) is 3.43. The molecule has 0 spiro atoms. The fraction of sp³-hybridized carbons (Fsp3) is 0.435. The number of fused-ring (bicyclic) bond motifs is 1. The van der Waals surface area contributed by atoms with Crippen molar-refractivity contribution in [3.8, 4) is 0 Å². The molecule has 3 aromatic heterocycles. The average molecular weight is 406 g/mol. The van der Waals surface area contributed by atoms with Crippen LogP contribution in [0.2, 0.25) is 0 Å². The molecule has 2 aliphatic rings. The van der Waals surface area contributed by atoms with Gasteiger partial charge in [-0.2, -0.15) is 0 Å². The number of anilines is 3. The monoisotopic (exact) mass is 405 g/mol. The van der Waals surface area contributed by atoms with E-state index >= 15 is 0 Å². The fourth-order valence-electron chi connectivity index (χ4n) is 4.65. The summed E-state index contributed by atoms with van der Waals surface area (Å²) < 4.78 is 0. The van der Waals surface area contributed by atoms with Crippen molar-refractivity contribution in [2.45, 2.75) is 50.5 Å². The molecule has 0 aromatic carbocycles. The van der Waals surface area contributed by atoms with Crippen LogP contribution in [-0.2, 0) is 0 Å². The van der Waals surface area contributed by atoms with Gasteiger partial charge in [-0.05, 0) is 49.9 Å². The Kier molecular flexibility index (Phi) is 5.12. The lowest BCUT2D eigenvalue weighted by molar-refractivity contribution is 0.145. The van der Waals surface area contributed by atoms with Gasteiger partial charge in [0.25, 0.3) is 5.56 Å². The van der Waals surface area contributed by atoms with Gasteiger partial charge in [0.1, 0.15) is 5.82 Å². The molecule has 0 unspecified atom stereocenters. The van der Waals surface area contributed by atoms with E-state index in [4.69, 9.17) is 4.98 Å². The van der Waals surface area contributed by atoms with Gasteiger partial charge in [-0.3, -0.25) is 9.78 Å². The van der Waals surface area contributed by atoms with Crippen molar-refractivity contribution >= 4 is 28.1 Å². The molecule has 5 rings (SSSR count). The lowest BCUT2D eigenvalue weighted by Crippen LogP contribution is -2.35. The first-order valence-electron chi connectivity index (χ1n) is 10.9. The highest BCUT2D eigenvalue weighted by molar-refractivity contribution is 5.92. The first-order valence-corrected chi connectivity index (χ1v) is 10.9. The number of nitrogens with zero attached hydrogens (tertiary/aromatic N) is 3. The molecule has 7 heteroatoms. The molecule has 3 aromatic rings. The number of piperidine rings is 1.